The van der Waals surface area contributed by atoms with Gasteiger partial charge >= 0.3 is 6.18 Å². The molecule has 0 amide bonds. The first-order valence-corrected chi connectivity index (χ1v) is 11.2. The van der Waals surface area contributed by atoms with Crippen LogP contribution < -0.4 is 11.6 Å². The predicted molar refractivity (Wildman–Crippen MR) is 122 cm³/mol. The topological polar surface area (TPSA) is 88.4 Å². The molecule has 2 aromatic carbocycles. The van der Waals surface area contributed by atoms with Gasteiger partial charge in [-0.1, -0.05) is 31.2 Å². The van der Waals surface area contributed by atoms with E-state index in [2.05, 4.69) is 4.98 Å². The van der Waals surface area contributed by atoms with Gasteiger partial charge in [-0.15, -0.1) is 11.8 Å². The largest absolute Gasteiger partial charge is 0.422 e. The van der Waals surface area contributed by atoms with Crippen molar-refractivity contribution in [2.75, 3.05) is 6.26 Å². The van der Waals surface area contributed by atoms with Crippen LogP contribution in [0.4, 0.5) is 17.6 Å². The molecule has 0 aliphatic rings. The molecule has 10 heteroatoms. The SMILES string of the molecule is CCC(O)(/C(N)=C/N(N)Cc1ccc2c(-c3ccc(F)cc3)cc(SC)nc2c1)C(F)(F)F. The highest BCUT2D eigenvalue weighted by Gasteiger charge is 2.54. The zero-order chi connectivity index (χ0) is 24.4. The monoisotopic (exact) mass is 480 g/mol. The molecule has 1 heterocycles. The van der Waals surface area contributed by atoms with Crippen molar-refractivity contribution in [3.05, 3.63) is 71.8 Å². The van der Waals surface area contributed by atoms with Crippen molar-refractivity contribution in [3.63, 3.8) is 0 Å². The van der Waals surface area contributed by atoms with Crippen molar-refractivity contribution in [2.24, 2.45) is 11.6 Å². The van der Waals surface area contributed by atoms with Crippen molar-refractivity contribution in [1.29, 1.82) is 0 Å². The first-order chi connectivity index (χ1) is 15.5. The van der Waals surface area contributed by atoms with Crippen molar-refractivity contribution >= 4 is 22.7 Å². The van der Waals surface area contributed by atoms with Gasteiger partial charge in [-0.25, -0.2) is 15.2 Å². The van der Waals surface area contributed by atoms with Crippen LogP contribution in [0.5, 0.6) is 0 Å². The van der Waals surface area contributed by atoms with E-state index >= 15 is 0 Å². The molecule has 3 rings (SSSR count). The molecule has 1 atom stereocenters. The lowest BCUT2D eigenvalue weighted by Gasteiger charge is -2.30. The Bertz CT molecular complexity index is 1170. The molecule has 0 spiro atoms. The van der Waals surface area contributed by atoms with E-state index in [-0.39, 0.29) is 12.4 Å². The molecule has 1 unspecified atom stereocenters. The molecule has 0 saturated heterocycles. The summed E-state index contributed by atoms with van der Waals surface area (Å²) in [5.41, 5.74) is 4.64. The van der Waals surface area contributed by atoms with E-state index in [1.54, 1.807) is 24.3 Å². The number of fused-ring (bicyclic) bond motifs is 1. The Balaban J connectivity index is 1.95. The summed E-state index contributed by atoms with van der Waals surface area (Å²) in [6, 6.07) is 13.4. The summed E-state index contributed by atoms with van der Waals surface area (Å²) in [4.78, 5) is 4.61. The second-order valence-corrected chi connectivity index (χ2v) is 8.37. The minimum atomic E-state index is -4.93. The average molecular weight is 481 g/mol. The van der Waals surface area contributed by atoms with Crippen LogP contribution in [0.3, 0.4) is 0 Å². The molecule has 0 saturated carbocycles. The summed E-state index contributed by atoms with van der Waals surface area (Å²) in [5.74, 6) is 5.54. The summed E-state index contributed by atoms with van der Waals surface area (Å²) in [7, 11) is 0. The molecule has 33 heavy (non-hydrogen) atoms. The van der Waals surface area contributed by atoms with Crippen molar-refractivity contribution < 1.29 is 22.7 Å². The van der Waals surface area contributed by atoms with Gasteiger partial charge in [-0.2, -0.15) is 13.2 Å². The Morgan fingerprint density at radius 1 is 1.15 bits per heavy atom. The van der Waals surface area contributed by atoms with Gasteiger partial charge in [0.25, 0.3) is 0 Å². The van der Waals surface area contributed by atoms with Gasteiger partial charge in [-0.3, -0.25) is 0 Å². The number of nitrogens with two attached hydrogens (primary N) is 2. The summed E-state index contributed by atoms with van der Waals surface area (Å²) < 4.78 is 53.0. The molecule has 0 aliphatic carbocycles. The number of hydrazine groups is 1. The maximum atomic E-state index is 13.4. The molecule has 1 aromatic heterocycles. The van der Waals surface area contributed by atoms with Crippen LogP contribution in [-0.2, 0) is 6.54 Å². The smallest absolute Gasteiger partial charge is 0.398 e. The highest BCUT2D eigenvalue weighted by Crippen LogP contribution is 2.37. The fourth-order valence-electron chi connectivity index (χ4n) is 3.43. The van der Waals surface area contributed by atoms with Crippen LogP contribution >= 0.6 is 11.8 Å². The molecule has 0 aliphatic heterocycles. The lowest BCUT2D eigenvalue weighted by atomic mass is 9.96. The predicted octanol–water partition coefficient (Wildman–Crippen LogP) is 4.94. The highest BCUT2D eigenvalue weighted by molar-refractivity contribution is 7.98. The zero-order valence-electron chi connectivity index (χ0n) is 18.0. The molecule has 3 aromatic rings. The third-order valence-electron chi connectivity index (χ3n) is 5.34. The van der Waals surface area contributed by atoms with Gasteiger partial charge < -0.3 is 15.8 Å². The second kappa shape index (κ2) is 9.58. The second-order valence-electron chi connectivity index (χ2n) is 7.54. The zero-order valence-corrected chi connectivity index (χ0v) is 18.8. The van der Waals surface area contributed by atoms with E-state index in [9.17, 15) is 22.7 Å². The Morgan fingerprint density at radius 3 is 2.39 bits per heavy atom. The number of aromatic nitrogens is 1. The molecular weight excluding hydrogens is 456 g/mol. The number of thioether (sulfide) groups is 1. The van der Waals surface area contributed by atoms with E-state index < -0.39 is 23.9 Å². The molecule has 5 N–H and O–H groups in total. The number of benzene rings is 2. The minimum Gasteiger partial charge on any atom is -0.398 e. The van der Waals surface area contributed by atoms with Crippen LogP contribution in [0.25, 0.3) is 22.0 Å². The molecule has 176 valence electrons. The van der Waals surface area contributed by atoms with E-state index in [4.69, 9.17) is 11.6 Å². The van der Waals surface area contributed by atoms with Crippen molar-refractivity contribution in [2.45, 2.75) is 36.7 Å². The van der Waals surface area contributed by atoms with Gasteiger partial charge in [0, 0.05) is 11.6 Å². The number of hydrogen-bond donors (Lipinski definition) is 3. The standard InChI is InChI=1S/C23H24F4N4OS/c1-3-22(32,23(25,26)27)20(28)13-31(29)12-14-4-9-17-18(15-5-7-16(24)8-6-15)11-21(33-2)30-19(17)10-14/h4-11,13,32H,3,12,28-29H2,1-2H3/b20-13-. The number of halogens is 4. The molecule has 0 fully saturated rings. The van der Waals surface area contributed by atoms with Gasteiger partial charge in [0.2, 0.25) is 5.60 Å². The third kappa shape index (κ3) is 5.23. The highest BCUT2D eigenvalue weighted by atomic mass is 32.2. The Morgan fingerprint density at radius 2 is 1.82 bits per heavy atom. The number of alkyl halides is 3. The fraction of sp³-hybridized carbons (Fsp3) is 0.261. The van der Waals surface area contributed by atoms with E-state index in [1.807, 2.05) is 18.4 Å². The maximum Gasteiger partial charge on any atom is 0.422 e. The Labute approximate surface area is 193 Å². The minimum absolute atomic E-state index is 0.0331. The molecule has 0 radical (unpaired) electrons. The first kappa shape index (κ1) is 24.8. The van der Waals surface area contributed by atoms with Crippen LogP contribution in [-0.4, -0.2) is 33.1 Å². The van der Waals surface area contributed by atoms with E-state index in [0.29, 0.717) is 11.1 Å². The summed E-state index contributed by atoms with van der Waals surface area (Å²) in [5, 5.41) is 12.5. The Kier molecular flexibility index (Phi) is 7.20. The van der Waals surface area contributed by atoms with Gasteiger partial charge in [0.05, 0.1) is 22.8 Å². The maximum absolute atomic E-state index is 13.4. The van der Waals surface area contributed by atoms with Crippen LogP contribution in [0.15, 0.2) is 65.5 Å². The van der Waals surface area contributed by atoms with Crippen LogP contribution in [0.2, 0.25) is 0 Å². The number of hydrogen-bond acceptors (Lipinski definition) is 6. The quantitative estimate of drug-likeness (QED) is 0.192. The van der Waals surface area contributed by atoms with Crippen molar-refractivity contribution in [1.82, 2.24) is 9.99 Å². The van der Waals surface area contributed by atoms with Crippen LogP contribution in [0, 0.1) is 5.82 Å². The number of nitrogens with zero attached hydrogens (tertiary/aromatic N) is 2. The lowest BCUT2D eigenvalue weighted by Crippen LogP contribution is -2.49. The normalized spacial score (nSPS) is 14.4. The third-order valence-corrected chi connectivity index (χ3v) is 5.97. The number of rotatable bonds is 7. The van der Waals surface area contributed by atoms with Gasteiger partial charge in [-0.05, 0) is 53.6 Å². The van der Waals surface area contributed by atoms with Crippen molar-refractivity contribution in [3.8, 4) is 11.1 Å². The average Bonchev–Trinajstić information content (AvgIpc) is 2.77. The van der Waals surface area contributed by atoms with E-state index in [0.717, 1.165) is 32.7 Å². The van der Waals surface area contributed by atoms with E-state index in [1.165, 1.54) is 30.8 Å². The molecule has 0 bridgehead atoms. The van der Waals surface area contributed by atoms with Crippen LogP contribution in [0.1, 0.15) is 18.9 Å². The Hall–Kier alpha value is -2.82. The first-order valence-electron chi connectivity index (χ1n) is 10.0. The molecular formula is C23H24F4N4OS. The van der Waals surface area contributed by atoms with Gasteiger partial charge in [0.15, 0.2) is 0 Å². The fourth-order valence-corrected chi connectivity index (χ4v) is 3.86. The summed E-state index contributed by atoms with van der Waals surface area (Å²) >= 11 is 1.45. The summed E-state index contributed by atoms with van der Waals surface area (Å²) in [6.45, 7) is 1.22. The number of pyridine rings is 1. The molecule has 5 nitrogen and oxygen atoms in total. The summed E-state index contributed by atoms with van der Waals surface area (Å²) in [6.07, 6.45) is -2.80. The van der Waals surface area contributed by atoms with Gasteiger partial charge in [0.1, 0.15) is 5.82 Å². The number of aliphatic hydroxyl groups is 1. The lowest BCUT2D eigenvalue weighted by molar-refractivity contribution is -0.245.